The van der Waals surface area contributed by atoms with Crippen molar-refractivity contribution in [3.63, 3.8) is 0 Å². The number of rotatable bonds is 7. The Kier molecular flexibility index (Phi) is 6.88. The molecule has 0 radical (unpaired) electrons. The number of nitrogens with zero attached hydrogens (tertiary/aromatic N) is 1. The highest BCUT2D eigenvalue weighted by molar-refractivity contribution is 8.04. The Morgan fingerprint density at radius 2 is 2.04 bits per heavy atom. The van der Waals surface area contributed by atoms with Crippen molar-refractivity contribution in [2.24, 2.45) is 0 Å². The second-order valence-electron chi connectivity index (χ2n) is 5.12. The molecule has 8 heteroatoms. The molecule has 7 nitrogen and oxygen atoms in total. The molecule has 1 aromatic carbocycles. The zero-order valence-electron chi connectivity index (χ0n) is 14.1. The normalized spacial score (nSPS) is 15.4. The lowest BCUT2D eigenvalue weighted by Gasteiger charge is -2.17. The molecule has 1 heterocycles. The van der Waals surface area contributed by atoms with Crippen LogP contribution < -0.4 is 10.1 Å². The van der Waals surface area contributed by atoms with Gasteiger partial charge in [-0.25, -0.2) is 4.79 Å². The van der Waals surface area contributed by atoms with Crippen LogP contribution in [0.3, 0.4) is 0 Å². The van der Waals surface area contributed by atoms with E-state index in [2.05, 4.69) is 5.32 Å². The third-order valence-corrected chi connectivity index (χ3v) is 4.22. The molecule has 1 fully saturated rings. The topological polar surface area (TPSA) is 84.9 Å². The summed E-state index contributed by atoms with van der Waals surface area (Å²) in [7, 11) is 0. The van der Waals surface area contributed by atoms with Crippen molar-refractivity contribution in [3.05, 3.63) is 35.4 Å². The second-order valence-corrected chi connectivity index (χ2v) is 6.12. The summed E-state index contributed by atoms with van der Waals surface area (Å²) in [6, 6.07) is 6.95. The molecule has 1 aliphatic rings. The molecule has 1 N–H and O–H groups in total. The van der Waals surface area contributed by atoms with Gasteiger partial charge in [0.05, 0.1) is 30.0 Å². The first kappa shape index (κ1) is 18.9. The van der Waals surface area contributed by atoms with Crippen LogP contribution in [-0.2, 0) is 19.1 Å². The SMILES string of the molecule is CCOC(=O)/C=C1\SCC(=O)N1CCOc1ccc(NC(C)=O)cc1. The van der Waals surface area contributed by atoms with E-state index >= 15 is 0 Å². The van der Waals surface area contributed by atoms with Crippen LogP contribution in [-0.4, -0.2) is 48.2 Å². The predicted octanol–water partition coefficient (Wildman–Crippen LogP) is 2.00. The number of nitrogens with one attached hydrogen (secondary N) is 1. The fraction of sp³-hybridized carbons (Fsp3) is 0.353. The molecule has 0 aliphatic carbocycles. The molecule has 1 saturated heterocycles. The molecule has 0 unspecified atom stereocenters. The van der Waals surface area contributed by atoms with E-state index in [1.165, 1.54) is 29.7 Å². The number of carbonyl (C=O) groups is 3. The minimum atomic E-state index is -0.459. The van der Waals surface area contributed by atoms with Crippen LogP contribution in [0.25, 0.3) is 0 Å². The number of esters is 1. The molecule has 134 valence electrons. The van der Waals surface area contributed by atoms with Gasteiger partial charge in [-0.3, -0.25) is 9.59 Å². The Balaban J connectivity index is 1.87. The molecule has 1 aromatic rings. The van der Waals surface area contributed by atoms with Crippen LogP contribution >= 0.6 is 11.8 Å². The quantitative estimate of drug-likeness (QED) is 0.588. The van der Waals surface area contributed by atoms with Crippen LogP contribution in [0, 0.1) is 0 Å². The minimum Gasteiger partial charge on any atom is -0.492 e. The third-order valence-electron chi connectivity index (χ3n) is 3.20. The second kappa shape index (κ2) is 9.12. The van der Waals surface area contributed by atoms with Crippen LogP contribution in [0.2, 0.25) is 0 Å². The summed E-state index contributed by atoms with van der Waals surface area (Å²) < 4.78 is 10.5. The first-order chi connectivity index (χ1) is 12.0. The smallest absolute Gasteiger partial charge is 0.333 e. The van der Waals surface area contributed by atoms with Gasteiger partial charge in [-0.2, -0.15) is 0 Å². The molecule has 0 spiro atoms. The molecule has 2 amide bonds. The summed E-state index contributed by atoms with van der Waals surface area (Å²) in [5, 5.41) is 3.25. The van der Waals surface area contributed by atoms with Gasteiger partial charge in [0.15, 0.2) is 0 Å². The van der Waals surface area contributed by atoms with Gasteiger partial charge < -0.3 is 19.7 Å². The fourth-order valence-corrected chi connectivity index (χ4v) is 3.10. The molecule has 2 rings (SSSR count). The average molecular weight is 364 g/mol. The third kappa shape index (κ3) is 5.82. The van der Waals surface area contributed by atoms with Gasteiger partial charge >= 0.3 is 5.97 Å². The van der Waals surface area contributed by atoms with E-state index < -0.39 is 5.97 Å². The summed E-state index contributed by atoms with van der Waals surface area (Å²) in [5.41, 5.74) is 0.686. The van der Waals surface area contributed by atoms with Crippen LogP contribution in [0.15, 0.2) is 35.4 Å². The Bertz CT molecular complexity index is 672. The standard InChI is InChI=1S/C17H20N2O5S/c1-3-23-17(22)10-16-19(15(21)11-25-16)8-9-24-14-6-4-13(5-7-14)18-12(2)20/h4-7,10H,3,8-9,11H2,1-2H3,(H,18,20)/b16-10-. The fourth-order valence-electron chi connectivity index (χ4n) is 2.15. The minimum absolute atomic E-state index is 0.0647. The largest absolute Gasteiger partial charge is 0.492 e. The van der Waals surface area contributed by atoms with Crippen molar-refractivity contribution in [3.8, 4) is 5.75 Å². The summed E-state index contributed by atoms with van der Waals surface area (Å²) >= 11 is 1.31. The number of hydrogen-bond acceptors (Lipinski definition) is 6. The lowest BCUT2D eigenvalue weighted by Crippen LogP contribution is -2.29. The lowest BCUT2D eigenvalue weighted by molar-refractivity contribution is -0.137. The Morgan fingerprint density at radius 1 is 1.32 bits per heavy atom. The summed E-state index contributed by atoms with van der Waals surface area (Å²) in [5.74, 6) is 0.268. The van der Waals surface area contributed by atoms with E-state index in [1.807, 2.05) is 0 Å². The zero-order chi connectivity index (χ0) is 18.2. The van der Waals surface area contributed by atoms with Crippen LogP contribution in [0.4, 0.5) is 5.69 Å². The number of carbonyl (C=O) groups excluding carboxylic acids is 3. The van der Waals surface area contributed by atoms with Crippen LogP contribution in [0.5, 0.6) is 5.75 Å². The number of anilines is 1. The zero-order valence-corrected chi connectivity index (χ0v) is 14.9. The molecule has 0 bridgehead atoms. The van der Waals surface area contributed by atoms with Gasteiger partial charge in [-0.1, -0.05) is 11.8 Å². The lowest BCUT2D eigenvalue weighted by atomic mass is 10.3. The van der Waals surface area contributed by atoms with Crippen molar-refractivity contribution >= 4 is 35.2 Å². The Labute approximate surface area is 150 Å². The highest BCUT2D eigenvalue weighted by atomic mass is 32.2. The van der Waals surface area contributed by atoms with E-state index in [0.717, 1.165) is 0 Å². The maximum atomic E-state index is 11.9. The van der Waals surface area contributed by atoms with Crippen molar-refractivity contribution in [1.29, 1.82) is 0 Å². The molecular weight excluding hydrogens is 344 g/mol. The maximum absolute atomic E-state index is 11.9. The van der Waals surface area contributed by atoms with Crippen LogP contribution in [0.1, 0.15) is 13.8 Å². The summed E-state index contributed by atoms with van der Waals surface area (Å²) in [4.78, 5) is 36.0. The maximum Gasteiger partial charge on any atom is 0.333 e. The number of thioether (sulfide) groups is 1. The van der Waals surface area contributed by atoms with E-state index in [4.69, 9.17) is 9.47 Å². The average Bonchev–Trinajstić information content (AvgIpc) is 2.89. The number of ether oxygens (including phenoxy) is 2. The van der Waals surface area contributed by atoms with E-state index in [-0.39, 0.29) is 18.4 Å². The first-order valence-corrected chi connectivity index (χ1v) is 8.80. The molecule has 0 aromatic heterocycles. The number of hydrogen-bond donors (Lipinski definition) is 1. The van der Waals surface area contributed by atoms with Gasteiger partial charge in [0, 0.05) is 12.6 Å². The highest BCUT2D eigenvalue weighted by Crippen LogP contribution is 2.28. The molecule has 25 heavy (non-hydrogen) atoms. The van der Waals surface area contributed by atoms with E-state index in [9.17, 15) is 14.4 Å². The number of benzene rings is 1. The summed E-state index contributed by atoms with van der Waals surface area (Å²) in [6.07, 6.45) is 1.33. The van der Waals surface area contributed by atoms with Gasteiger partial charge in [-0.15, -0.1) is 0 Å². The molecule has 0 saturated carbocycles. The van der Waals surface area contributed by atoms with Gasteiger partial charge in [0.25, 0.3) is 0 Å². The number of amides is 2. The van der Waals surface area contributed by atoms with Crippen molar-refractivity contribution < 1.29 is 23.9 Å². The van der Waals surface area contributed by atoms with Gasteiger partial charge in [0.2, 0.25) is 11.8 Å². The molecular formula is C17H20N2O5S. The Morgan fingerprint density at radius 3 is 2.68 bits per heavy atom. The monoisotopic (exact) mass is 364 g/mol. The Hall–Kier alpha value is -2.48. The highest BCUT2D eigenvalue weighted by Gasteiger charge is 2.27. The van der Waals surface area contributed by atoms with Crippen molar-refractivity contribution in [2.75, 3.05) is 30.8 Å². The van der Waals surface area contributed by atoms with E-state index in [1.54, 1.807) is 31.2 Å². The molecule has 0 atom stereocenters. The van der Waals surface area contributed by atoms with Crippen molar-refractivity contribution in [2.45, 2.75) is 13.8 Å². The van der Waals surface area contributed by atoms with E-state index in [0.29, 0.717) is 35.4 Å². The predicted molar refractivity (Wildman–Crippen MR) is 95.1 cm³/mol. The molecule has 1 aliphatic heterocycles. The first-order valence-electron chi connectivity index (χ1n) is 7.81. The summed E-state index contributed by atoms with van der Waals surface area (Å²) in [6.45, 7) is 4.08. The van der Waals surface area contributed by atoms with Crippen molar-refractivity contribution in [1.82, 2.24) is 4.90 Å². The van der Waals surface area contributed by atoms with Gasteiger partial charge in [-0.05, 0) is 31.2 Å². The van der Waals surface area contributed by atoms with Gasteiger partial charge in [0.1, 0.15) is 12.4 Å².